The molecule has 0 fully saturated rings. The number of aliphatic hydroxyl groups excluding tert-OH is 1. The summed E-state index contributed by atoms with van der Waals surface area (Å²) in [5.74, 6) is -1.29. The van der Waals surface area contributed by atoms with Crippen molar-refractivity contribution in [3.8, 4) is 0 Å². The van der Waals surface area contributed by atoms with Gasteiger partial charge < -0.3 is 10.2 Å². The third-order valence-electron chi connectivity index (χ3n) is 0.114. The second-order valence-corrected chi connectivity index (χ2v) is 0.795. The van der Waals surface area contributed by atoms with Crippen molar-refractivity contribution < 1.29 is 15.0 Å². The fourth-order valence-electron chi connectivity index (χ4n) is 0. The van der Waals surface area contributed by atoms with Crippen molar-refractivity contribution in [2.24, 2.45) is 0 Å². The van der Waals surface area contributed by atoms with E-state index in [0.29, 0.717) is 0 Å². The number of rotatable bonds is 1. The summed E-state index contributed by atoms with van der Waals surface area (Å²) in [6, 6.07) is 0. The van der Waals surface area contributed by atoms with Gasteiger partial charge in [0.15, 0.2) is 0 Å². The highest BCUT2D eigenvalue weighted by atomic mass is 35.5. The van der Waals surface area contributed by atoms with Gasteiger partial charge in [-0.2, -0.15) is 0 Å². The normalized spacial score (nSPS) is 6.14. The molecule has 0 atom stereocenters. The first-order valence-electron chi connectivity index (χ1n) is 1.50. The lowest BCUT2D eigenvalue weighted by atomic mass is 10.8. The van der Waals surface area contributed by atoms with E-state index in [-0.39, 0.29) is 5.88 Å². The molecule has 0 saturated carbocycles. The second kappa shape index (κ2) is 9.21. The van der Waals surface area contributed by atoms with E-state index in [9.17, 15) is 4.79 Å². The lowest BCUT2D eigenvalue weighted by molar-refractivity contribution is -0.134. The molecule has 0 saturated heterocycles. The molecular weight excluding hydrogens is 119 g/mol. The van der Waals surface area contributed by atoms with Crippen LogP contribution >= 0.6 is 11.6 Å². The Balaban J connectivity index is 0. The Labute approximate surface area is 46.5 Å². The van der Waals surface area contributed by atoms with E-state index in [1.54, 1.807) is 0 Å². The van der Waals surface area contributed by atoms with Crippen molar-refractivity contribution in [2.75, 3.05) is 13.0 Å². The van der Waals surface area contributed by atoms with Gasteiger partial charge >= 0.3 is 5.97 Å². The predicted molar refractivity (Wildman–Crippen MR) is 26.5 cm³/mol. The molecule has 0 aliphatic carbocycles. The maximum atomic E-state index is 9.24. The standard InChI is InChI=1S/C2H3ClO2.CH4O/c3-1-2(4)5;1-2/h1H2,(H,4,5);2H,1H3. The maximum Gasteiger partial charge on any atom is 0.318 e. The molecule has 0 heterocycles. The molecule has 4 heteroatoms. The molecule has 0 radical (unpaired) electrons. The fourth-order valence-corrected chi connectivity index (χ4v) is 0. The van der Waals surface area contributed by atoms with Crippen LogP contribution in [-0.2, 0) is 4.79 Å². The van der Waals surface area contributed by atoms with Crippen LogP contribution in [0.3, 0.4) is 0 Å². The Hall–Kier alpha value is -0.280. The van der Waals surface area contributed by atoms with E-state index >= 15 is 0 Å². The van der Waals surface area contributed by atoms with Crippen molar-refractivity contribution in [2.45, 2.75) is 0 Å². The topological polar surface area (TPSA) is 57.5 Å². The molecule has 0 spiro atoms. The molecule has 3 nitrogen and oxygen atoms in total. The fraction of sp³-hybridized carbons (Fsp3) is 0.667. The summed E-state index contributed by atoms with van der Waals surface area (Å²) in [5.41, 5.74) is 0. The SMILES string of the molecule is CO.O=C(O)CCl. The molecule has 0 aromatic rings. The van der Waals surface area contributed by atoms with Crippen LogP contribution < -0.4 is 0 Å². The van der Waals surface area contributed by atoms with Crippen LogP contribution in [0.2, 0.25) is 0 Å². The molecule has 0 rings (SSSR count). The van der Waals surface area contributed by atoms with E-state index < -0.39 is 5.97 Å². The van der Waals surface area contributed by atoms with Gasteiger partial charge in [-0.25, -0.2) is 0 Å². The molecular formula is C3H7ClO3. The number of aliphatic hydroxyl groups is 1. The molecule has 0 aliphatic rings. The Kier molecular flexibility index (Phi) is 13.0. The molecule has 44 valence electrons. The number of aliphatic carboxylic acids is 1. The summed E-state index contributed by atoms with van der Waals surface area (Å²) >= 11 is 4.74. The van der Waals surface area contributed by atoms with E-state index in [4.69, 9.17) is 21.8 Å². The van der Waals surface area contributed by atoms with E-state index in [1.807, 2.05) is 0 Å². The van der Waals surface area contributed by atoms with Gasteiger partial charge in [0, 0.05) is 7.11 Å². The van der Waals surface area contributed by atoms with Gasteiger partial charge in [-0.3, -0.25) is 4.79 Å². The van der Waals surface area contributed by atoms with E-state index in [1.165, 1.54) is 0 Å². The van der Waals surface area contributed by atoms with Crippen molar-refractivity contribution in [3.63, 3.8) is 0 Å². The van der Waals surface area contributed by atoms with Crippen LogP contribution in [0, 0.1) is 0 Å². The Morgan fingerprint density at radius 1 is 1.71 bits per heavy atom. The Morgan fingerprint density at radius 3 is 1.86 bits per heavy atom. The molecule has 0 amide bonds. The van der Waals surface area contributed by atoms with Gasteiger partial charge in [0.25, 0.3) is 0 Å². The quantitative estimate of drug-likeness (QED) is 0.483. The molecule has 0 aromatic heterocycles. The summed E-state index contributed by atoms with van der Waals surface area (Å²) in [6.45, 7) is 0. The molecule has 0 aromatic carbocycles. The summed E-state index contributed by atoms with van der Waals surface area (Å²) in [5, 5.41) is 14.6. The number of hydrogen-bond acceptors (Lipinski definition) is 2. The van der Waals surface area contributed by atoms with Crippen LogP contribution in [0.5, 0.6) is 0 Å². The zero-order valence-electron chi connectivity index (χ0n) is 3.89. The Bertz CT molecular complexity index is 45.4. The molecule has 0 aliphatic heterocycles. The third kappa shape index (κ3) is 26.8. The Morgan fingerprint density at radius 2 is 1.86 bits per heavy atom. The molecule has 7 heavy (non-hydrogen) atoms. The number of halogens is 1. The first kappa shape index (κ1) is 9.87. The summed E-state index contributed by atoms with van der Waals surface area (Å²) in [7, 11) is 1.00. The number of carboxylic acids is 1. The highest BCUT2D eigenvalue weighted by molar-refractivity contribution is 6.26. The average Bonchev–Trinajstić information content (AvgIpc) is 1.73. The molecule has 2 N–H and O–H groups in total. The van der Waals surface area contributed by atoms with Gasteiger partial charge in [-0.15, -0.1) is 11.6 Å². The van der Waals surface area contributed by atoms with Crippen molar-refractivity contribution >= 4 is 17.6 Å². The van der Waals surface area contributed by atoms with Crippen molar-refractivity contribution in [3.05, 3.63) is 0 Å². The molecule has 0 unspecified atom stereocenters. The van der Waals surface area contributed by atoms with Gasteiger partial charge in [0.05, 0.1) is 0 Å². The first-order valence-corrected chi connectivity index (χ1v) is 2.03. The van der Waals surface area contributed by atoms with Crippen LogP contribution in [0.25, 0.3) is 0 Å². The van der Waals surface area contributed by atoms with Crippen molar-refractivity contribution in [1.29, 1.82) is 0 Å². The summed E-state index contributed by atoms with van der Waals surface area (Å²) in [4.78, 5) is 9.24. The number of hydrogen-bond donors (Lipinski definition) is 2. The maximum absolute atomic E-state index is 9.24. The van der Waals surface area contributed by atoms with Crippen molar-refractivity contribution in [1.82, 2.24) is 0 Å². The first-order chi connectivity index (χ1) is 3.27. The third-order valence-corrected chi connectivity index (χ3v) is 0.343. The largest absolute Gasteiger partial charge is 0.480 e. The van der Waals surface area contributed by atoms with E-state index in [2.05, 4.69) is 0 Å². The van der Waals surface area contributed by atoms with Gasteiger partial charge in [-0.1, -0.05) is 0 Å². The minimum Gasteiger partial charge on any atom is -0.480 e. The average molecular weight is 127 g/mol. The highest BCUT2D eigenvalue weighted by Gasteiger charge is 1.83. The zero-order chi connectivity index (χ0) is 6.28. The highest BCUT2D eigenvalue weighted by Crippen LogP contribution is 1.67. The van der Waals surface area contributed by atoms with Gasteiger partial charge in [0.2, 0.25) is 0 Å². The minimum atomic E-state index is -0.980. The number of alkyl halides is 1. The minimum absolute atomic E-state index is 0.306. The lowest BCUT2D eigenvalue weighted by Crippen LogP contribution is -1.92. The van der Waals surface area contributed by atoms with Crippen LogP contribution in [0.1, 0.15) is 0 Å². The second-order valence-electron chi connectivity index (χ2n) is 0.527. The summed E-state index contributed by atoms with van der Waals surface area (Å²) in [6.07, 6.45) is 0. The van der Waals surface area contributed by atoms with Crippen LogP contribution in [-0.4, -0.2) is 29.2 Å². The monoisotopic (exact) mass is 126 g/mol. The van der Waals surface area contributed by atoms with E-state index in [0.717, 1.165) is 7.11 Å². The lowest BCUT2D eigenvalue weighted by Gasteiger charge is -1.69. The van der Waals surface area contributed by atoms with Gasteiger partial charge in [-0.05, 0) is 0 Å². The number of carbonyl (C=O) groups is 1. The van der Waals surface area contributed by atoms with Crippen LogP contribution in [0.15, 0.2) is 0 Å². The molecule has 0 bridgehead atoms. The van der Waals surface area contributed by atoms with Gasteiger partial charge in [0.1, 0.15) is 5.88 Å². The van der Waals surface area contributed by atoms with Crippen LogP contribution in [0.4, 0.5) is 0 Å². The predicted octanol–water partition coefficient (Wildman–Crippen LogP) is -0.0817. The zero-order valence-corrected chi connectivity index (χ0v) is 4.64. The smallest absolute Gasteiger partial charge is 0.318 e. The summed E-state index contributed by atoms with van der Waals surface area (Å²) < 4.78 is 0. The number of carboxylic acid groups (broad SMARTS) is 1.